The summed E-state index contributed by atoms with van der Waals surface area (Å²) in [6.07, 6.45) is 1.98. The van der Waals surface area contributed by atoms with Crippen molar-refractivity contribution in [1.29, 1.82) is 0 Å². The van der Waals surface area contributed by atoms with Crippen LogP contribution in [0.1, 0.15) is 33.1 Å². The summed E-state index contributed by atoms with van der Waals surface area (Å²) in [5.74, 6) is -0.528. The van der Waals surface area contributed by atoms with E-state index in [4.69, 9.17) is 10.5 Å². The average molecular weight is 299 g/mol. The summed E-state index contributed by atoms with van der Waals surface area (Å²) in [4.78, 5) is 36.8. The summed E-state index contributed by atoms with van der Waals surface area (Å²) < 4.78 is 4.74. The highest BCUT2D eigenvalue weighted by atomic mass is 16.5. The van der Waals surface area contributed by atoms with E-state index < -0.39 is 12.1 Å². The van der Waals surface area contributed by atoms with Crippen molar-refractivity contribution in [2.45, 2.75) is 39.2 Å². The van der Waals surface area contributed by atoms with Gasteiger partial charge in [0.25, 0.3) is 0 Å². The number of piperidine rings is 1. The van der Waals surface area contributed by atoms with Crippen LogP contribution < -0.4 is 11.1 Å². The number of esters is 1. The highest BCUT2D eigenvalue weighted by Gasteiger charge is 2.32. The van der Waals surface area contributed by atoms with E-state index in [1.807, 2.05) is 13.8 Å². The predicted octanol–water partition coefficient (Wildman–Crippen LogP) is 0.481. The van der Waals surface area contributed by atoms with Crippen molar-refractivity contribution in [2.75, 3.05) is 20.2 Å². The van der Waals surface area contributed by atoms with Crippen molar-refractivity contribution in [3.8, 4) is 0 Å². The van der Waals surface area contributed by atoms with E-state index in [9.17, 15) is 14.4 Å². The van der Waals surface area contributed by atoms with E-state index in [0.717, 1.165) is 6.42 Å². The first-order chi connectivity index (χ1) is 9.85. The molecule has 0 aromatic heterocycles. The summed E-state index contributed by atoms with van der Waals surface area (Å²) >= 11 is 0. The van der Waals surface area contributed by atoms with Crippen LogP contribution in [0.3, 0.4) is 0 Å². The molecule has 0 aliphatic carbocycles. The lowest BCUT2D eigenvalue weighted by molar-refractivity contribution is -0.149. The van der Waals surface area contributed by atoms with E-state index in [-0.39, 0.29) is 23.7 Å². The molecule has 0 radical (unpaired) electrons. The van der Waals surface area contributed by atoms with Crippen LogP contribution in [0.25, 0.3) is 0 Å². The van der Waals surface area contributed by atoms with E-state index in [2.05, 4.69) is 5.32 Å². The Morgan fingerprint density at radius 1 is 1.38 bits per heavy atom. The summed E-state index contributed by atoms with van der Waals surface area (Å²) in [6, 6.07) is -1.35. The maximum absolute atomic E-state index is 12.5. The number of likely N-dealkylation sites (tertiary alicyclic amines) is 1. The Labute approximate surface area is 125 Å². The number of urea groups is 1. The molecule has 1 fully saturated rings. The number of carbonyl (C=O) groups excluding carboxylic acids is 3. The summed E-state index contributed by atoms with van der Waals surface area (Å²) in [5, 5.41) is 2.50. The molecule has 0 spiro atoms. The molecule has 0 saturated carbocycles. The van der Waals surface area contributed by atoms with Crippen LogP contribution in [0.4, 0.5) is 4.79 Å². The number of nitrogens with zero attached hydrogens (tertiary/aromatic N) is 1. The summed E-state index contributed by atoms with van der Waals surface area (Å²) in [6.45, 7) is 4.86. The van der Waals surface area contributed by atoms with E-state index in [0.29, 0.717) is 25.9 Å². The predicted molar refractivity (Wildman–Crippen MR) is 77.3 cm³/mol. The van der Waals surface area contributed by atoms with Crippen LogP contribution in [0, 0.1) is 11.8 Å². The number of amides is 3. The Kier molecular flexibility index (Phi) is 6.45. The van der Waals surface area contributed by atoms with Gasteiger partial charge in [0, 0.05) is 13.1 Å². The zero-order valence-corrected chi connectivity index (χ0v) is 12.9. The minimum Gasteiger partial charge on any atom is -0.469 e. The normalized spacial score (nSPS) is 20.0. The molecule has 3 amide bonds. The quantitative estimate of drug-likeness (QED) is 0.721. The van der Waals surface area contributed by atoms with Gasteiger partial charge in [-0.15, -0.1) is 0 Å². The van der Waals surface area contributed by atoms with Crippen molar-refractivity contribution in [3.63, 3.8) is 0 Å². The average Bonchev–Trinajstić information content (AvgIpc) is 2.44. The van der Waals surface area contributed by atoms with Crippen molar-refractivity contribution in [3.05, 3.63) is 0 Å². The zero-order chi connectivity index (χ0) is 16.0. The number of rotatable bonds is 5. The molecule has 0 aromatic rings. The fourth-order valence-electron chi connectivity index (χ4n) is 2.62. The fraction of sp³-hybridized carbons (Fsp3) is 0.786. The van der Waals surface area contributed by atoms with Crippen LogP contribution in [0.2, 0.25) is 0 Å². The molecule has 1 aliphatic heterocycles. The lowest BCUT2D eigenvalue weighted by atomic mass is 9.96. The van der Waals surface area contributed by atoms with Gasteiger partial charge in [-0.05, 0) is 25.2 Å². The Bertz CT molecular complexity index is 398. The molecular formula is C14H25N3O4. The van der Waals surface area contributed by atoms with Gasteiger partial charge in [-0.25, -0.2) is 4.79 Å². The van der Waals surface area contributed by atoms with Crippen molar-refractivity contribution < 1.29 is 19.1 Å². The van der Waals surface area contributed by atoms with Gasteiger partial charge in [-0.1, -0.05) is 13.8 Å². The van der Waals surface area contributed by atoms with Gasteiger partial charge in [-0.2, -0.15) is 0 Å². The number of carbonyl (C=O) groups is 3. The molecule has 1 aliphatic rings. The molecule has 2 unspecified atom stereocenters. The van der Waals surface area contributed by atoms with Gasteiger partial charge in [0.15, 0.2) is 0 Å². The van der Waals surface area contributed by atoms with Gasteiger partial charge in [-0.3, -0.25) is 9.59 Å². The number of nitrogens with two attached hydrogens (primary N) is 1. The number of ether oxygens (including phenoxy) is 1. The number of methoxy groups -OCH3 is 1. The van der Waals surface area contributed by atoms with Gasteiger partial charge in [0.2, 0.25) is 5.91 Å². The number of hydrogen-bond donors (Lipinski definition) is 2. The molecule has 120 valence electrons. The van der Waals surface area contributed by atoms with Crippen LogP contribution in [0.15, 0.2) is 0 Å². The molecule has 21 heavy (non-hydrogen) atoms. The molecule has 7 heteroatoms. The topological polar surface area (TPSA) is 102 Å². The van der Waals surface area contributed by atoms with Crippen LogP contribution in [-0.4, -0.2) is 49.0 Å². The highest BCUT2D eigenvalue weighted by Crippen LogP contribution is 2.19. The van der Waals surface area contributed by atoms with Gasteiger partial charge in [0.05, 0.1) is 13.0 Å². The zero-order valence-electron chi connectivity index (χ0n) is 12.9. The second-order valence-electron chi connectivity index (χ2n) is 5.84. The monoisotopic (exact) mass is 299 g/mol. The first-order valence-corrected chi connectivity index (χ1v) is 7.27. The second kappa shape index (κ2) is 7.85. The molecular weight excluding hydrogens is 274 g/mol. The smallest absolute Gasteiger partial charge is 0.312 e. The van der Waals surface area contributed by atoms with Gasteiger partial charge < -0.3 is 20.7 Å². The standard InChI is InChI=1S/C14H25N3O4/c1-9(2)7-11(16-14(15)20)12(18)17-6-4-5-10(8-17)13(19)21-3/h9-11H,4-8H2,1-3H3,(H3,15,16,20). The number of hydrogen-bond acceptors (Lipinski definition) is 4. The number of primary amides is 1. The van der Waals surface area contributed by atoms with Crippen molar-refractivity contribution in [1.82, 2.24) is 10.2 Å². The lowest BCUT2D eigenvalue weighted by Crippen LogP contribution is -2.53. The van der Waals surface area contributed by atoms with Gasteiger partial charge >= 0.3 is 12.0 Å². The summed E-state index contributed by atoms with van der Waals surface area (Å²) in [7, 11) is 1.35. The number of nitrogens with one attached hydrogen (secondary N) is 1. The Morgan fingerprint density at radius 2 is 2.05 bits per heavy atom. The molecule has 0 aromatic carbocycles. The highest BCUT2D eigenvalue weighted by molar-refractivity contribution is 5.87. The molecule has 1 saturated heterocycles. The molecule has 3 N–H and O–H groups in total. The SMILES string of the molecule is COC(=O)C1CCCN(C(=O)C(CC(C)C)NC(N)=O)C1. The maximum atomic E-state index is 12.5. The third-order valence-corrected chi connectivity index (χ3v) is 3.59. The largest absolute Gasteiger partial charge is 0.469 e. The molecule has 7 nitrogen and oxygen atoms in total. The van der Waals surface area contributed by atoms with E-state index in [1.54, 1.807) is 4.90 Å². The fourth-order valence-corrected chi connectivity index (χ4v) is 2.62. The molecule has 1 heterocycles. The molecule has 2 atom stereocenters. The van der Waals surface area contributed by atoms with Crippen molar-refractivity contribution in [2.24, 2.45) is 17.6 Å². The minimum atomic E-state index is -0.712. The molecule has 0 bridgehead atoms. The van der Waals surface area contributed by atoms with Crippen molar-refractivity contribution >= 4 is 17.9 Å². The first-order valence-electron chi connectivity index (χ1n) is 7.27. The molecule has 1 rings (SSSR count). The van der Waals surface area contributed by atoms with Crippen LogP contribution in [-0.2, 0) is 14.3 Å². The van der Waals surface area contributed by atoms with Crippen LogP contribution in [0.5, 0.6) is 0 Å². The Morgan fingerprint density at radius 3 is 2.57 bits per heavy atom. The van der Waals surface area contributed by atoms with E-state index >= 15 is 0 Å². The Hall–Kier alpha value is -1.79. The maximum Gasteiger partial charge on any atom is 0.312 e. The van der Waals surface area contributed by atoms with E-state index in [1.165, 1.54) is 7.11 Å². The first kappa shape index (κ1) is 17.3. The van der Waals surface area contributed by atoms with Gasteiger partial charge in [0.1, 0.15) is 6.04 Å². The minimum absolute atomic E-state index is 0.184. The second-order valence-corrected chi connectivity index (χ2v) is 5.84. The lowest BCUT2D eigenvalue weighted by Gasteiger charge is -2.34. The third kappa shape index (κ3) is 5.24. The summed E-state index contributed by atoms with van der Waals surface area (Å²) in [5.41, 5.74) is 5.14. The third-order valence-electron chi connectivity index (χ3n) is 3.59. The van der Waals surface area contributed by atoms with Crippen LogP contribution >= 0.6 is 0 Å². The Balaban J connectivity index is 2.72.